The molecule has 1 aliphatic heterocycles. The van der Waals surface area contributed by atoms with Crippen molar-refractivity contribution in [1.82, 2.24) is 0 Å². The summed E-state index contributed by atoms with van der Waals surface area (Å²) in [6.45, 7) is 4.55. The van der Waals surface area contributed by atoms with Crippen molar-refractivity contribution in [1.29, 1.82) is 0 Å². The number of carboxylic acids is 1. The minimum Gasteiger partial charge on any atom is -0.478 e. The zero-order chi connectivity index (χ0) is 15.2. The molecule has 1 fully saturated rings. The van der Waals surface area contributed by atoms with E-state index < -0.39 is 5.97 Å². The summed E-state index contributed by atoms with van der Waals surface area (Å²) in [5, 5.41) is 9.28. The summed E-state index contributed by atoms with van der Waals surface area (Å²) in [5.41, 5.74) is 1.76. The highest BCUT2D eigenvalue weighted by atomic mass is 35.5. The predicted octanol–water partition coefficient (Wildman–Crippen LogP) is 3.44. The Hall–Kier alpha value is -1.52. The SMILES string of the molecule is CCOC1CCCN(c2ccc(/C=C/C(=O)O)cc2Cl)C1. The van der Waals surface area contributed by atoms with Gasteiger partial charge in [0, 0.05) is 25.8 Å². The molecule has 0 aromatic heterocycles. The van der Waals surface area contributed by atoms with Crippen LogP contribution in [0.1, 0.15) is 25.3 Å². The first-order valence-electron chi connectivity index (χ1n) is 7.17. The molecule has 0 saturated carbocycles. The fraction of sp³-hybridized carbons (Fsp3) is 0.438. The highest BCUT2D eigenvalue weighted by molar-refractivity contribution is 6.33. The second-order valence-electron chi connectivity index (χ2n) is 5.05. The van der Waals surface area contributed by atoms with Crippen LogP contribution in [-0.2, 0) is 9.53 Å². The van der Waals surface area contributed by atoms with E-state index >= 15 is 0 Å². The van der Waals surface area contributed by atoms with Crippen LogP contribution in [0.5, 0.6) is 0 Å². The van der Waals surface area contributed by atoms with E-state index in [2.05, 4.69) is 4.90 Å². The molecule has 1 aromatic carbocycles. The smallest absolute Gasteiger partial charge is 0.328 e. The normalized spacial score (nSPS) is 19.1. The van der Waals surface area contributed by atoms with Crippen molar-refractivity contribution >= 4 is 29.3 Å². The molecule has 1 aromatic rings. The van der Waals surface area contributed by atoms with Crippen molar-refractivity contribution in [3.8, 4) is 0 Å². The van der Waals surface area contributed by atoms with Crippen molar-refractivity contribution in [2.24, 2.45) is 0 Å². The lowest BCUT2D eigenvalue weighted by Gasteiger charge is -2.34. The number of halogens is 1. The first-order valence-corrected chi connectivity index (χ1v) is 7.55. The number of benzene rings is 1. The van der Waals surface area contributed by atoms with Crippen LogP contribution < -0.4 is 4.90 Å². The molecule has 1 heterocycles. The first kappa shape index (κ1) is 15.9. The second kappa shape index (κ2) is 7.48. The second-order valence-corrected chi connectivity index (χ2v) is 5.46. The topological polar surface area (TPSA) is 49.8 Å². The molecule has 0 bridgehead atoms. The van der Waals surface area contributed by atoms with Gasteiger partial charge in [-0.15, -0.1) is 0 Å². The van der Waals surface area contributed by atoms with Crippen molar-refractivity contribution in [2.75, 3.05) is 24.6 Å². The van der Waals surface area contributed by atoms with Crippen molar-refractivity contribution in [3.05, 3.63) is 34.9 Å². The molecule has 1 N–H and O–H groups in total. The van der Waals surface area contributed by atoms with Gasteiger partial charge in [0.25, 0.3) is 0 Å². The van der Waals surface area contributed by atoms with Gasteiger partial charge in [-0.2, -0.15) is 0 Å². The van der Waals surface area contributed by atoms with Crippen LogP contribution in [0.15, 0.2) is 24.3 Å². The van der Waals surface area contributed by atoms with Crippen LogP contribution in [0.25, 0.3) is 6.08 Å². The maximum atomic E-state index is 10.5. The minimum absolute atomic E-state index is 0.256. The number of piperidine rings is 1. The summed E-state index contributed by atoms with van der Waals surface area (Å²) in [4.78, 5) is 12.8. The maximum Gasteiger partial charge on any atom is 0.328 e. The van der Waals surface area contributed by atoms with Crippen LogP contribution in [0.4, 0.5) is 5.69 Å². The lowest BCUT2D eigenvalue weighted by atomic mass is 10.1. The molecule has 0 aliphatic carbocycles. The highest BCUT2D eigenvalue weighted by Gasteiger charge is 2.21. The van der Waals surface area contributed by atoms with E-state index in [-0.39, 0.29) is 6.10 Å². The zero-order valence-corrected chi connectivity index (χ0v) is 12.8. The Bertz CT molecular complexity index is 528. The van der Waals surface area contributed by atoms with Crippen LogP contribution in [-0.4, -0.2) is 36.9 Å². The molecule has 21 heavy (non-hydrogen) atoms. The molecule has 0 spiro atoms. The van der Waals surface area contributed by atoms with Gasteiger partial charge in [-0.25, -0.2) is 4.79 Å². The minimum atomic E-state index is -0.967. The first-order chi connectivity index (χ1) is 10.1. The third-order valence-corrected chi connectivity index (χ3v) is 3.81. The molecule has 1 saturated heterocycles. The summed E-state index contributed by atoms with van der Waals surface area (Å²) >= 11 is 6.34. The van der Waals surface area contributed by atoms with Gasteiger partial charge in [0.15, 0.2) is 0 Å². The predicted molar refractivity (Wildman–Crippen MR) is 85.0 cm³/mol. The number of hydrogen-bond acceptors (Lipinski definition) is 3. The third-order valence-electron chi connectivity index (χ3n) is 3.51. The average molecular weight is 310 g/mol. The number of carboxylic acid groups (broad SMARTS) is 1. The van der Waals surface area contributed by atoms with Crippen LogP contribution in [0, 0.1) is 0 Å². The fourth-order valence-corrected chi connectivity index (χ4v) is 2.89. The van der Waals surface area contributed by atoms with Gasteiger partial charge in [-0.1, -0.05) is 17.7 Å². The largest absolute Gasteiger partial charge is 0.478 e. The Morgan fingerprint density at radius 1 is 1.57 bits per heavy atom. The van der Waals surface area contributed by atoms with Gasteiger partial charge in [-0.05, 0) is 43.5 Å². The monoisotopic (exact) mass is 309 g/mol. The number of rotatable bonds is 5. The van der Waals surface area contributed by atoms with Crippen LogP contribution in [0.2, 0.25) is 5.02 Å². The van der Waals surface area contributed by atoms with Crippen molar-refractivity contribution in [3.63, 3.8) is 0 Å². The highest BCUT2D eigenvalue weighted by Crippen LogP contribution is 2.30. The Labute approximate surface area is 130 Å². The molecule has 5 heteroatoms. The lowest BCUT2D eigenvalue weighted by molar-refractivity contribution is -0.131. The van der Waals surface area contributed by atoms with Gasteiger partial charge in [0.1, 0.15) is 0 Å². The van der Waals surface area contributed by atoms with Gasteiger partial charge in [0.05, 0.1) is 16.8 Å². The Morgan fingerprint density at radius 3 is 3.05 bits per heavy atom. The van der Waals surface area contributed by atoms with E-state index in [9.17, 15) is 4.79 Å². The molecular formula is C16H20ClNO3. The van der Waals surface area contributed by atoms with Crippen LogP contribution >= 0.6 is 11.6 Å². The Kier molecular flexibility index (Phi) is 5.65. The quantitative estimate of drug-likeness (QED) is 0.846. The number of ether oxygens (including phenoxy) is 1. The van der Waals surface area contributed by atoms with E-state index in [1.54, 1.807) is 6.07 Å². The standard InChI is InChI=1S/C16H20ClNO3/c1-2-21-13-4-3-9-18(11-13)15-7-5-12(10-14(15)17)6-8-16(19)20/h5-8,10,13H,2-4,9,11H2,1H3,(H,19,20)/b8-6+. The molecule has 2 rings (SSSR count). The van der Waals surface area contributed by atoms with E-state index in [0.29, 0.717) is 5.02 Å². The summed E-state index contributed by atoms with van der Waals surface area (Å²) in [6.07, 6.45) is 5.07. The molecule has 1 aliphatic rings. The zero-order valence-electron chi connectivity index (χ0n) is 12.1. The van der Waals surface area contributed by atoms with Gasteiger partial charge in [0.2, 0.25) is 0 Å². The molecule has 114 valence electrons. The maximum absolute atomic E-state index is 10.5. The molecule has 0 amide bonds. The Morgan fingerprint density at radius 2 is 2.38 bits per heavy atom. The fourth-order valence-electron chi connectivity index (χ4n) is 2.58. The number of anilines is 1. The van der Waals surface area contributed by atoms with Gasteiger partial charge < -0.3 is 14.7 Å². The molecule has 1 atom stereocenters. The summed E-state index contributed by atoms with van der Waals surface area (Å²) in [7, 11) is 0. The summed E-state index contributed by atoms with van der Waals surface area (Å²) < 4.78 is 5.70. The average Bonchev–Trinajstić information content (AvgIpc) is 2.46. The third kappa shape index (κ3) is 4.48. The van der Waals surface area contributed by atoms with E-state index in [0.717, 1.165) is 49.9 Å². The molecule has 4 nitrogen and oxygen atoms in total. The number of hydrogen-bond donors (Lipinski definition) is 1. The van der Waals surface area contributed by atoms with Crippen molar-refractivity contribution < 1.29 is 14.6 Å². The number of nitrogens with zero attached hydrogens (tertiary/aromatic N) is 1. The van der Waals surface area contributed by atoms with E-state index in [1.165, 1.54) is 6.08 Å². The molecular weight excluding hydrogens is 290 g/mol. The van der Waals surface area contributed by atoms with Gasteiger partial charge >= 0.3 is 5.97 Å². The summed E-state index contributed by atoms with van der Waals surface area (Å²) in [5.74, 6) is -0.967. The molecule has 0 radical (unpaired) electrons. The van der Waals surface area contributed by atoms with E-state index in [4.69, 9.17) is 21.4 Å². The molecule has 1 unspecified atom stereocenters. The lowest BCUT2D eigenvalue weighted by Crippen LogP contribution is -2.39. The number of aliphatic carboxylic acids is 1. The summed E-state index contributed by atoms with van der Waals surface area (Å²) in [6, 6.07) is 5.61. The van der Waals surface area contributed by atoms with Gasteiger partial charge in [-0.3, -0.25) is 0 Å². The number of carbonyl (C=O) groups is 1. The Balaban J connectivity index is 2.11. The van der Waals surface area contributed by atoms with E-state index in [1.807, 2.05) is 19.1 Å². The van der Waals surface area contributed by atoms with Crippen molar-refractivity contribution in [2.45, 2.75) is 25.9 Å². The van der Waals surface area contributed by atoms with Crippen LogP contribution in [0.3, 0.4) is 0 Å².